The van der Waals surface area contributed by atoms with E-state index in [0.717, 1.165) is 17.7 Å². The molecular formula is C31H41N3O. The van der Waals surface area contributed by atoms with E-state index in [9.17, 15) is 5.26 Å². The van der Waals surface area contributed by atoms with Gasteiger partial charge in [0, 0.05) is 18.0 Å². The first-order chi connectivity index (χ1) is 17.0. The zero-order valence-electron chi connectivity index (χ0n) is 22.4. The van der Waals surface area contributed by atoms with Gasteiger partial charge in [-0.2, -0.15) is 5.26 Å². The van der Waals surface area contributed by atoms with Gasteiger partial charge in [0.25, 0.3) is 0 Å². The molecule has 2 aromatic carbocycles. The van der Waals surface area contributed by atoms with Gasteiger partial charge >= 0.3 is 0 Å². The van der Waals surface area contributed by atoms with Crippen LogP contribution in [0.25, 0.3) is 5.57 Å². The van der Waals surface area contributed by atoms with E-state index in [1.54, 1.807) is 0 Å². The molecule has 0 N–H and O–H groups in total. The number of fused-ring (bicyclic) bond motifs is 1. The summed E-state index contributed by atoms with van der Waals surface area (Å²) < 4.78 is 5.74. The smallest absolute Gasteiger partial charge is 0.137 e. The van der Waals surface area contributed by atoms with Crippen LogP contribution in [-0.2, 0) is 6.42 Å². The van der Waals surface area contributed by atoms with Gasteiger partial charge in [-0.1, -0.05) is 38.5 Å². The van der Waals surface area contributed by atoms with Crippen LogP contribution in [0.15, 0.2) is 47.6 Å². The molecule has 1 heterocycles. The molecule has 186 valence electrons. The molecule has 0 saturated carbocycles. The van der Waals surface area contributed by atoms with Crippen LogP contribution in [0.3, 0.4) is 0 Å². The molecule has 2 aliphatic rings. The first kappa shape index (κ1) is 26.7. The number of nitriles is 1. The molecule has 0 aromatic heterocycles. The van der Waals surface area contributed by atoms with E-state index in [1.807, 2.05) is 59.0 Å². The normalized spacial score (nSPS) is 18.5. The van der Waals surface area contributed by atoms with Gasteiger partial charge in [-0.05, 0) is 112 Å². The number of hydrogen-bond acceptors (Lipinski definition) is 4. The van der Waals surface area contributed by atoms with Crippen molar-refractivity contribution in [1.29, 1.82) is 5.26 Å². The molecule has 1 aliphatic heterocycles. The zero-order chi connectivity index (χ0) is 25.4. The molecule has 2 aromatic rings. The molecule has 1 atom stereocenters. The number of ether oxygens (including phenoxy) is 1. The molecule has 4 nitrogen and oxygen atoms in total. The molecule has 35 heavy (non-hydrogen) atoms. The minimum absolute atomic E-state index is 0.0328. The van der Waals surface area contributed by atoms with Crippen molar-refractivity contribution in [2.24, 2.45) is 4.99 Å². The third-order valence-electron chi connectivity index (χ3n) is 6.83. The van der Waals surface area contributed by atoms with E-state index in [1.165, 1.54) is 61.0 Å². The van der Waals surface area contributed by atoms with Gasteiger partial charge < -0.3 is 4.74 Å². The lowest BCUT2D eigenvalue weighted by Crippen LogP contribution is -2.32. The van der Waals surface area contributed by atoms with Crippen molar-refractivity contribution in [3.8, 4) is 11.8 Å². The van der Waals surface area contributed by atoms with Crippen LogP contribution >= 0.6 is 0 Å². The number of allylic oxidation sites excluding steroid dienone is 1. The second kappa shape index (κ2) is 12.7. The summed E-state index contributed by atoms with van der Waals surface area (Å²) in [5.41, 5.74) is 7.89. The molecule has 1 fully saturated rings. The Bertz CT molecular complexity index is 1100. The first-order valence-electron chi connectivity index (χ1n) is 13.3. The third-order valence-corrected chi connectivity index (χ3v) is 6.83. The molecule has 0 radical (unpaired) electrons. The fourth-order valence-electron chi connectivity index (χ4n) is 5.15. The summed E-state index contributed by atoms with van der Waals surface area (Å²) in [6.07, 6.45) is 8.41. The summed E-state index contributed by atoms with van der Waals surface area (Å²) >= 11 is 0. The lowest BCUT2D eigenvalue weighted by Gasteiger charge is -2.32. The van der Waals surface area contributed by atoms with Gasteiger partial charge in [-0.25, -0.2) is 0 Å². The van der Waals surface area contributed by atoms with Crippen molar-refractivity contribution < 1.29 is 4.74 Å². The van der Waals surface area contributed by atoms with Gasteiger partial charge in [0.1, 0.15) is 11.8 Å². The van der Waals surface area contributed by atoms with Crippen molar-refractivity contribution in [3.05, 3.63) is 70.4 Å². The molecule has 4 rings (SSSR count). The molecular weight excluding hydrogens is 430 g/mol. The Morgan fingerprint density at radius 2 is 1.86 bits per heavy atom. The Morgan fingerprint density at radius 1 is 1.11 bits per heavy atom. The Labute approximate surface area is 212 Å². The van der Waals surface area contributed by atoms with Crippen LogP contribution in [0.4, 0.5) is 0 Å². The largest absolute Gasteiger partial charge is 0.490 e. The highest BCUT2D eigenvalue weighted by molar-refractivity contribution is 5.99. The standard InChI is InChI=1S/C29H35N3O.C2H6/c1-20(2)33-29-14-11-23(17-24(29)18-30)22(4)31-19-21(3)25-9-8-10-27-26(25)12-13-28(27)32-15-6-5-7-16-32;1-2/h8-11,14,17,19-20,28H,5-7,12-13,15-16H2,1-4H3;1-2H3/b21-19+,31-22?;. The van der Waals surface area contributed by atoms with Crippen molar-refractivity contribution in [3.63, 3.8) is 0 Å². The van der Waals surface area contributed by atoms with E-state index in [0.29, 0.717) is 17.4 Å². The molecule has 4 heteroatoms. The average molecular weight is 472 g/mol. The maximum Gasteiger partial charge on any atom is 0.137 e. The number of nitrogens with zero attached hydrogens (tertiary/aromatic N) is 3. The van der Waals surface area contributed by atoms with E-state index < -0.39 is 0 Å². The zero-order valence-corrected chi connectivity index (χ0v) is 22.4. The maximum absolute atomic E-state index is 9.52. The maximum atomic E-state index is 9.52. The highest BCUT2D eigenvalue weighted by atomic mass is 16.5. The van der Waals surface area contributed by atoms with Crippen molar-refractivity contribution >= 4 is 11.3 Å². The summed E-state index contributed by atoms with van der Waals surface area (Å²) in [5.74, 6) is 0.624. The number of piperidine rings is 1. The molecule has 1 unspecified atom stereocenters. The Kier molecular flexibility index (Phi) is 9.69. The van der Waals surface area contributed by atoms with E-state index in [2.05, 4.69) is 36.1 Å². The van der Waals surface area contributed by atoms with E-state index in [-0.39, 0.29) is 6.10 Å². The number of hydrogen-bond donors (Lipinski definition) is 0. The average Bonchev–Trinajstić information content (AvgIpc) is 3.33. The van der Waals surface area contributed by atoms with Gasteiger partial charge in [-0.3, -0.25) is 9.89 Å². The van der Waals surface area contributed by atoms with Gasteiger partial charge in [0.2, 0.25) is 0 Å². The second-order valence-electron chi connectivity index (χ2n) is 9.54. The quantitative estimate of drug-likeness (QED) is 0.405. The minimum atomic E-state index is 0.0328. The van der Waals surface area contributed by atoms with Crippen molar-refractivity contribution in [2.45, 2.75) is 85.8 Å². The summed E-state index contributed by atoms with van der Waals surface area (Å²) in [6, 6.07) is 15.3. The van der Waals surface area contributed by atoms with E-state index >= 15 is 0 Å². The molecule has 0 spiro atoms. The molecule has 0 bridgehead atoms. The van der Waals surface area contributed by atoms with Gasteiger partial charge in [0.05, 0.1) is 11.7 Å². The van der Waals surface area contributed by atoms with Crippen LogP contribution in [0, 0.1) is 11.3 Å². The van der Waals surface area contributed by atoms with E-state index in [4.69, 9.17) is 9.73 Å². The van der Waals surface area contributed by atoms with Crippen molar-refractivity contribution in [1.82, 2.24) is 4.90 Å². The molecule has 0 amide bonds. The van der Waals surface area contributed by atoms with Crippen LogP contribution in [0.5, 0.6) is 5.75 Å². The molecule has 1 saturated heterocycles. The lowest BCUT2D eigenvalue weighted by molar-refractivity contribution is 0.163. The monoisotopic (exact) mass is 471 g/mol. The Morgan fingerprint density at radius 3 is 2.54 bits per heavy atom. The Hall–Kier alpha value is -2.90. The van der Waals surface area contributed by atoms with Gasteiger partial charge in [-0.15, -0.1) is 0 Å². The Balaban J connectivity index is 0.00000167. The fraction of sp³-hybridized carbons (Fsp3) is 0.484. The van der Waals surface area contributed by atoms with Crippen LogP contribution in [0.1, 0.15) is 101 Å². The number of benzene rings is 2. The second-order valence-corrected chi connectivity index (χ2v) is 9.54. The number of aliphatic imine (C=N–C) groups is 1. The summed E-state index contributed by atoms with van der Waals surface area (Å²) in [7, 11) is 0. The highest BCUT2D eigenvalue weighted by Gasteiger charge is 2.30. The first-order valence-corrected chi connectivity index (χ1v) is 13.3. The predicted molar refractivity (Wildman–Crippen MR) is 147 cm³/mol. The topological polar surface area (TPSA) is 48.6 Å². The lowest BCUT2D eigenvalue weighted by atomic mass is 9.96. The molecule has 1 aliphatic carbocycles. The van der Waals surface area contributed by atoms with Gasteiger partial charge in [0.15, 0.2) is 0 Å². The summed E-state index contributed by atoms with van der Waals surface area (Å²) in [5, 5.41) is 9.52. The predicted octanol–water partition coefficient (Wildman–Crippen LogP) is 7.71. The summed E-state index contributed by atoms with van der Waals surface area (Å²) in [6.45, 7) is 14.5. The number of likely N-dealkylation sites (tertiary alicyclic amines) is 1. The highest BCUT2D eigenvalue weighted by Crippen LogP contribution is 2.40. The van der Waals surface area contributed by atoms with Crippen molar-refractivity contribution in [2.75, 3.05) is 13.1 Å². The van der Waals surface area contributed by atoms with Crippen LogP contribution in [0.2, 0.25) is 0 Å². The number of rotatable bonds is 6. The fourth-order valence-corrected chi connectivity index (χ4v) is 5.15. The summed E-state index contributed by atoms with van der Waals surface area (Å²) in [4.78, 5) is 7.46. The van der Waals surface area contributed by atoms with Crippen LogP contribution in [-0.4, -0.2) is 29.8 Å². The van der Waals surface area contributed by atoms with Crippen LogP contribution < -0.4 is 4.74 Å². The SMILES string of the molecule is CC.CC(=N/C=C(\C)c1cccc2c1CCC2N1CCCCC1)c1ccc(OC(C)C)c(C#N)c1. The minimum Gasteiger partial charge on any atom is -0.490 e. The third kappa shape index (κ3) is 6.41.